The summed E-state index contributed by atoms with van der Waals surface area (Å²) in [5, 5.41) is 0.359. The number of ether oxygens (including phenoxy) is 1. The second-order valence-corrected chi connectivity index (χ2v) is 7.53. The van der Waals surface area contributed by atoms with Crippen molar-refractivity contribution >= 4 is 28.9 Å². The van der Waals surface area contributed by atoms with E-state index in [2.05, 4.69) is 15.0 Å². The van der Waals surface area contributed by atoms with Crippen LogP contribution in [0.3, 0.4) is 0 Å². The predicted octanol–water partition coefficient (Wildman–Crippen LogP) is 3.13. The molecule has 0 radical (unpaired) electrons. The highest BCUT2D eigenvalue weighted by molar-refractivity contribution is 6.33. The molecule has 0 saturated carbocycles. The van der Waals surface area contributed by atoms with Crippen LogP contribution in [0.4, 0.5) is 4.79 Å². The molecule has 3 heterocycles. The second kappa shape index (κ2) is 6.55. The van der Waals surface area contributed by atoms with Gasteiger partial charge in [-0.2, -0.15) is 0 Å². The Morgan fingerprint density at radius 2 is 2.17 bits per heavy atom. The minimum absolute atomic E-state index is 0.243. The number of hydrogen-bond acceptors (Lipinski definition) is 5. The lowest BCUT2D eigenvalue weighted by Crippen LogP contribution is -2.43. The summed E-state index contributed by atoms with van der Waals surface area (Å²) in [6.07, 6.45) is 4.95. The van der Waals surface area contributed by atoms with Gasteiger partial charge in [-0.15, -0.1) is 0 Å². The summed E-state index contributed by atoms with van der Waals surface area (Å²) in [5.74, 6) is 0.331. The number of likely N-dealkylation sites (tertiary alicyclic amines) is 1. The highest BCUT2D eigenvalue weighted by Gasteiger charge is 2.28. The Morgan fingerprint density at radius 1 is 1.38 bits per heavy atom. The first-order valence-corrected chi connectivity index (χ1v) is 8.50. The normalized spacial score (nSPS) is 18.8. The number of nitrogens with zero attached hydrogens (tertiary/aromatic N) is 5. The number of hydrogen-bond donors (Lipinski definition) is 0. The Balaban J connectivity index is 1.69. The lowest BCUT2D eigenvalue weighted by Gasteiger charge is -2.34. The highest BCUT2D eigenvalue weighted by Crippen LogP contribution is 2.23. The minimum atomic E-state index is -0.474. The molecule has 0 aromatic carbocycles. The van der Waals surface area contributed by atoms with E-state index in [-0.39, 0.29) is 6.09 Å². The van der Waals surface area contributed by atoms with Crippen molar-refractivity contribution in [1.82, 2.24) is 24.4 Å². The van der Waals surface area contributed by atoms with Crippen molar-refractivity contribution < 1.29 is 9.53 Å². The van der Waals surface area contributed by atoms with Crippen molar-refractivity contribution in [3.05, 3.63) is 17.8 Å². The van der Waals surface area contributed by atoms with Gasteiger partial charge in [0.05, 0.1) is 6.33 Å². The molecule has 0 unspecified atom stereocenters. The van der Waals surface area contributed by atoms with Crippen molar-refractivity contribution in [2.24, 2.45) is 5.92 Å². The molecule has 1 amide bonds. The third-order valence-corrected chi connectivity index (χ3v) is 4.26. The van der Waals surface area contributed by atoms with Crippen LogP contribution in [0.1, 0.15) is 33.6 Å². The lowest BCUT2D eigenvalue weighted by molar-refractivity contribution is 0.0158. The molecule has 0 spiro atoms. The van der Waals surface area contributed by atoms with Gasteiger partial charge in [0.15, 0.2) is 10.8 Å². The van der Waals surface area contributed by atoms with Gasteiger partial charge in [0.25, 0.3) is 0 Å². The molecule has 2 aromatic heterocycles. The van der Waals surface area contributed by atoms with E-state index in [1.807, 2.05) is 25.3 Å². The molecule has 24 heavy (non-hydrogen) atoms. The number of rotatable bonds is 2. The van der Waals surface area contributed by atoms with Crippen LogP contribution in [-0.2, 0) is 11.3 Å². The summed E-state index contributed by atoms with van der Waals surface area (Å²) in [4.78, 5) is 26.6. The molecular weight excluding hydrogens is 330 g/mol. The molecule has 2 aromatic rings. The first kappa shape index (κ1) is 17.0. The van der Waals surface area contributed by atoms with Gasteiger partial charge in [-0.05, 0) is 39.5 Å². The maximum atomic E-state index is 12.3. The van der Waals surface area contributed by atoms with Crippen LogP contribution in [0.5, 0.6) is 0 Å². The Hall–Kier alpha value is -1.89. The van der Waals surface area contributed by atoms with Gasteiger partial charge in [0.2, 0.25) is 0 Å². The van der Waals surface area contributed by atoms with E-state index in [4.69, 9.17) is 16.3 Å². The van der Waals surface area contributed by atoms with Crippen LogP contribution in [0, 0.1) is 5.92 Å². The van der Waals surface area contributed by atoms with Crippen molar-refractivity contribution in [1.29, 1.82) is 0 Å². The van der Waals surface area contributed by atoms with Crippen molar-refractivity contribution in [2.45, 2.75) is 45.8 Å². The van der Waals surface area contributed by atoms with Gasteiger partial charge in [0, 0.05) is 19.6 Å². The molecule has 3 rings (SSSR count). The monoisotopic (exact) mass is 351 g/mol. The molecule has 130 valence electrons. The maximum Gasteiger partial charge on any atom is 0.410 e. The number of aromatic nitrogens is 4. The second-order valence-electron chi connectivity index (χ2n) is 7.17. The molecule has 1 aliphatic rings. The van der Waals surface area contributed by atoms with Crippen LogP contribution in [0.25, 0.3) is 11.2 Å². The molecular formula is C16H22ClN5O2. The third kappa shape index (κ3) is 3.77. The summed E-state index contributed by atoms with van der Waals surface area (Å²) in [6.45, 7) is 7.80. The third-order valence-electron chi connectivity index (χ3n) is 3.98. The number of fused-ring (bicyclic) bond motifs is 1. The van der Waals surface area contributed by atoms with Crippen LogP contribution < -0.4 is 0 Å². The summed E-state index contributed by atoms with van der Waals surface area (Å²) in [6, 6.07) is 0. The Morgan fingerprint density at radius 3 is 2.92 bits per heavy atom. The fraction of sp³-hybridized carbons (Fsp3) is 0.625. The van der Waals surface area contributed by atoms with E-state index < -0.39 is 5.60 Å². The maximum absolute atomic E-state index is 12.3. The Labute approximate surface area is 146 Å². The van der Waals surface area contributed by atoms with Gasteiger partial charge < -0.3 is 14.2 Å². The van der Waals surface area contributed by atoms with Gasteiger partial charge in [-0.25, -0.2) is 19.7 Å². The molecule has 7 nitrogen and oxygen atoms in total. The lowest BCUT2D eigenvalue weighted by atomic mass is 9.98. The minimum Gasteiger partial charge on any atom is -0.444 e. The van der Waals surface area contributed by atoms with E-state index in [1.54, 1.807) is 11.2 Å². The Kier molecular flexibility index (Phi) is 4.62. The molecule has 0 bridgehead atoms. The average molecular weight is 352 g/mol. The smallest absolute Gasteiger partial charge is 0.410 e. The first-order chi connectivity index (χ1) is 11.3. The zero-order valence-corrected chi connectivity index (χ0v) is 15.0. The number of halogens is 1. The van der Waals surface area contributed by atoms with Crippen molar-refractivity contribution in [2.75, 3.05) is 13.1 Å². The average Bonchev–Trinajstić information content (AvgIpc) is 2.90. The number of imidazole rings is 1. The predicted molar refractivity (Wildman–Crippen MR) is 90.9 cm³/mol. The summed E-state index contributed by atoms with van der Waals surface area (Å²) < 4.78 is 7.45. The van der Waals surface area contributed by atoms with Crippen LogP contribution in [-0.4, -0.2) is 49.2 Å². The topological polar surface area (TPSA) is 73.1 Å². The molecule has 8 heteroatoms. The summed E-state index contributed by atoms with van der Waals surface area (Å²) in [7, 11) is 0. The summed E-state index contributed by atoms with van der Waals surface area (Å²) in [5.41, 5.74) is 0.862. The SMILES string of the molecule is CC(C)(C)OC(=O)N1CCC[C@@H](Cn2cnc3c(Cl)ncnc32)C1. The number of carbonyl (C=O) groups is 1. The van der Waals surface area contributed by atoms with E-state index >= 15 is 0 Å². The molecule has 1 fully saturated rings. The van der Waals surface area contributed by atoms with Gasteiger partial charge in [-0.1, -0.05) is 11.6 Å². The van der Waals surface area contributed by atoms with Gasteiger partial charge >= 0.3 is 6.09 Å². The quantitative estimate of drug-likeness (QED) is 0.777. The highest BCUT2D eigenvalue weighted by atomic mass is 35.5. The van der Waals surface area contributed by atoms with Crippen LogP contribution >= 0.6 is 11.6 Å². The van der Waals surface area contributed by atoms with E-state index in [0.29, 0.717) is 23.1 Å². The standard InChI is InChI=1S/C16H22ClN5O2/c1-16(2,3)24-15(23)21-6-4-5-11(7-21)8-22-10-20-12-13(17)18-9-19-14(12)22/h9-11H,4-8H2,1-3H3/t11-/m1/s1. The van der Waals surface area contributed by atoms with E-state index in [1.165, 1.54) is 6.33 Å². The number of carbonyl (C=O) groups excluding carboxylic acids is 1. The van der Waals surface area contributed by atoms with Crippen molar-refractivity contribution in [3.63, 3.8) is 0 Å². The van der Waals surface area contributed by atoms with Crippen LogP contribution in [0.15, 0.2) is 12.7 Å². The largest absolute Gasteiger partial charge is 0.444 e. The Bertz CT molecular complexity index is 740. The zero-order valence-electron chi connectivity index (χ0n) is 14.2. The van der Waals surface area contributed by atoms with Gasteiger partial charge in [-0.3, -0.25) is 0 Å². The number of amides is 1. The molecule has 0 N–H and O–H groups in total. The fourth-order valence-corrected chi connectivity index (χ4v) is 3.15. The van der Waals surface area contributed by atoms with Crippen molar-refractivity contribution in [3.8, 4) is 0 Å². The molecule has 1 atom stereocenters. The fourth-order valence-electron chi connectivity index (χ4n) is 2.97. The van der Waals surface area contributed by atoms with Crippen LogP contribution in [0.2, 0.25) is 5.15 Å². The van der Waals surface area contributed by atoms with Gasteiger partial charge in [0.1, 0.15) is 17.4 Å². The molecule has 1 aliphatic heterocycles. The summed E-state index contributed by atoms with van der Waals surface area (Å²) >= 11 is 6.04. The first-order valence-electron chi connectivity index (χ1n) is 8.13. The molecule has 1 saturated heterocycles. The zero-order chi connectivity index (χ0) is 17.3. The molecule has 0 aliphatic carbocycles. The van der Waals surface area contributed by atoms with E-state index in [9.17, 15) is 4.79 Å². The number of piperidine rings is 1. The van der Waals surface area contributed by atoms with E-state index in [0.717, 1.165) is 31.6 Å².